The van der Waals surface area contributed by atoms with E-state index in [1.165, 1.54) is 6.42 Å². The lowest BCUT2D eigenvalue weighted by Gasteiger charge is -2.31. The fraction of sp³-hybridized carbons (Fsp3) is 0.917. The number of ether oxygens (including phenoxy) is 1. The molecule has 0 N–H and O–H groups in total. The van der Waals surface area contributed by atoms with Crippen LogP contribution in [0.25, 0.3) is 0 Å². The summed E-state index contributed by atoms with van der Waals surface area (Å²) in [4.78, 5) is 13.6. The van der Waals surface area contributed by atoms with Crippen LogP contribution in [-0.4, -0.2) is 36.6 Å². The molecule has 1 fully saturated rings. The molecule has 1 saturated heterocycles. The Morgan fingerprint density at radius 2 is 2.00 bits per heavy atom. The molecule has 0 aromatic rings. The molecule has 3 heteroatoms. The van der Waals surface area contributed by atoms with Crippen molar-refractivity contribution in [3.63, 3.8) is 0 Å². The number of nitrogens with zero attached hydrogens (tertiary/aromatic N) is 1. The van der Waals surface area contributed by atoms with Crippen molar-refractivity contribution in [1.29, 1.82) is 0 Å². The zero-order valence-corrected chi connectivity index (χ0v) is 10.2. The Hall–Kier alpha value is -0.570. The second-order valence-electron chi connectivity index (χ2n) is 4.59. The standard InChI is InChI=1S/C12H23NO2/c1-4-11-5-7-13(8-6-11)12(14)9-15-10(2)3/h10-11H,4-9H2,1-3H3. The van der Waals surface area contributed by atoms with Crippen molar-refractivity contribution in [3.8, 4) is 0 Å². The largest absolute Gasteiger partial charge is 0.369 e. The molecule has 0 aliphatic carbocycles. The van der Waals surface area contributed by atoms with Gasteiger partial charge in [0.15, 0.2) is 0 Å². The van der Waals surface area contributed by atoms with Crippen LogP contribution in [0.3, 0.4) is 0 Å². The van der Waals surface area contributed by atoms with Gasteiger partial charge in [0.1, 0.15) is 6.61 Å². The number of piperidine rings is 1. The molecule has 0 atom stereocenters. The first-order valence-corrected chi connectivity index (χ1v) is 6.02. The van der Waals surface area contributed by atoms with E-state index in [0.717, 1.165) is 31.8 Å². The topological polar surface area (TPSA) is 29.5 Å². The van der Waals surface area contributed by atoms with E-state index in [9.17, 15) is 4.79 Å². The van der Waals surface area contributed by atoms with E-state index in [1.54, 1.807) is 0 Å². The van der Waals surface area contributed by atoms with Gasteiger partial charge in [0.25, 0.3) is 0 Å². The Kier molecular flexibility index (Phi) is 5.09. The predicted octanol–water partition coefficient (Wildman–Crippen LogP) is 2.06. The summed E-state index contributed by atoms with van der Waals surface area (Å²) in [6, 6.07) is 0. The normalized spacial score (nSPS) is 18.5. The Balaban J connectivity index is 2.24. The number of carbonyl (C=O) groups excluding carboxylic acids is 1. The van der Waals surface area contributed by atoms with Gasteiger partial charge >= 0.3 is 0 Å². The fourth-order valence-corrected chi connectivity index (χ4v) is 1.92. The van der Waals surface area contributed by atoms with Crippen LogP contribution in [0.2, 0.25) is 0 Å². The van der Waals surface area contributed by atoms with Gasteiger partial charge in [-0.05, 0) is 32.6 Å². The molecule has 1 amide bonds. The summed E-state index contributed by atoms with van der Waals surface area (Å²) in [5.41, 5.74) is 0. The second-order valence-corrected chi connectivity index (χ2v) is 4.59. The minimum absolute atomic E-state index is 0.141. The van der Waals surface area contributed by atoms with Crippen molar-refractivity contribution in [1.82, 2.24) is 4.90 Å². The van der Waals surface area contributed by atoms with Gasteiger partial charge in [0, 0.05) is 13.1 Å². The average molecular weight is 213 g/mol. The lowest BCUT2D eigenvalue weighted by atomic mass is 9.94. The summed E-state index contributed by atoms with van der Waals surface area (Å²) in [6.07, 6.45) is 3.69. The lowest BCUT2D eigenvalue weighted by molar-refractivity contribution is -0.139. The molecule has 0 radical (unpaired) electrons. The number of likely N-dealkylation sites (tertiary alicyclic amines) is 1. The summed E-state index contributed by atoms with van der Waals surface area (Å²) in [5, 5.41) is 0. The zero-order valence-electron chi connectivity index (χ0n) is 10.2. The second kappa shape index (κ2) is 6.11. The number of rotatable bonds is 4. The maximum atomic E-state index is 11.7. The fourth-order valence-electron chi connectivity index (χ4n) is 1.92. The van der Waals surface area contributed by atoms with E-state index >= 15 is 0 Å². The molecule has 0 unspecified atom stereocenters. The van der Waals surface area contributed by atoms with Crippen molar-refractivity contribution in [2.75, 3.05) is 19.7 Å². The molecular formula is C12H23NO2. The Bertz CT molecular complexity index is 196. The molecule has 1 aliphatic heterocycles. The van der Waals surface area contributed by atoms with Crippen LogP contribution in [0.1, 0.15) is 40.0 Å². The highest BCUT2D eigenvalue weighted by molar-refractivity contribution is 5.77. The molecule has 0 bridgehead atoms. The van der Waals surface area contributed by atoms with Crippen LogP contribution in [0.4, 0.5) is 0 Å². The third kappa shape index (κ3) is 4.20. The molecular weight excluding hydrogens is 190 g/mol. The number of amides is 1. The molecule has 88 valence electrons. The van der Waals surface area contributed by atoms with E-state index in [-0.39, 0.29) is 18.6 Å². The Morgan fingerprint density at radius 3 is 2.47 bits per heavy atom. The number of carbonyl (C=O) groups is 1. The smallest absolute Gasteiger partial charge is 0.248 e. The van der Waals surface area contributed by atoms with Gasteiger partial charge in [0.2, 0.25) is 5.91 Å². The van der Waals surface area contributed by atoms with Gasteiger partial charge in [-0.25, -0.2) is 0 Å². The van der Waals surface area contributed by atoms with Crippen LogP contribution >= 0.6 is 0 Å². The maximum absolute atomic E-state index is 11.7. The number of hydrogen-bond donors (Lipinski definition) is 0. The summed E-state index contributed by atoms with van der Waals surface area (Å²) < 4.78 is 5.32. The summed E-state index contributed by atoms with van der Waals surface area (Å²) in [5.74, 6) is 0.971. The van der Waals surface area contributed by atoms with Crippen LogP contribution in [0.5, 0.6) is 0 Å². The van der Waals surface area contributed by atoms with Crippen LogP contribution in [0.15, 0.2) is 0 Å². The Morgan fingerprint density at radius 1 is 1.40 bits per heavy atom. The van der Waals surface area contributed by atoms with Crippen LogP contribution in [-0.2, 0) is 9.53 Å². The highest BCUT2D eigenvalue weighted by atomic mass is 16.5. The number of hydrogen-bond acceptors (Lipinski definition) is 2. The molecule has 0 aromatic carbocycles. The lowest BCUT2D eigenvalue weighted by Crippen LogP contribution is -2.40. The quantitative estimate of drug-likeness (QED) is 0.715. The van der Waals surface area contributed by atoms with Crippen molar-refractivity contribution >= 4 is 5.91 Å². The minimum Gasteiger partial charge on any atom is -0.369 e. The van der Waals surface area contributed by atoms with E-state index in [0.29, 0.717) is 0 Å². The van der Waals surface area contributed by atoms with E-state index in [4.69, 9.17) is 4.74 Å². The van der Waals surface area contributed by atoms with Gasteiger partial charge < -0.3 is 9.64 Å². The average Bonchev–Trinajstić information content (AvgIpc) is 2.26. The zero-order chi connectivity index (χ0) is 11.3. The molecule has 1 aliphatic rings. The molecule has 0 aromatic heterocycles. The monoisotopic (exact) mass is 213 g/mol. The first kappa shape index (κ1) is 12.5. The molecule has 0 saturated carbocycles. The summed E-state index contributed by atoms with van der Waals surface area (Å²) in [6.45, 7) is 8.21. The summed E-state index contributed by atoms with van der Waals surface area (Å²) >= 11 is 0. The predicted molar refractivity (Wildman–Crippen MR) is 60.7 cm³/mol. The molecule has 1 rings (SSSR count). The van der Waals surface area contributed by atoms with E-state index in [2.05, 4.69) is 6.92 Å². The van der Waals surface area contributed by atoms with Crippen molar-refractivity contribution in [2.45, 2.75) is 46.1 Å². The van der Waals surface area contributed by atoms with Gasteiger partial charge in [-0.3, -0.25) is 4.79 Å². The highest BCUT2D eigenvalue weighted by Gasteiger charge is 2.21. The van der Waals surface area contributed by atoms with Gasteiger partial charge in [-0.1, -0.05) is 13.3 Å². The first-order valence-electron chi connectivity index (χ1n) is 6.02. The highest BCUT2D eigenvalue weighted by Crippen LogP contribution is 2.19. The van der Waals surface area contributed by atoms with Crippen LogP contribution < -0.4 is 0 Å². The Labute approximate surface area is 92.8 Å². The maximum Gasteiger partial charge on any atom is 0.248 e. The molecule has 1 heterocycles. The minimum atomic E-state index is 0.141. The van der Waals surface area contributed by atoms with Crippen molar-refractivity contribution in [2.24, 2.45) is 5.92 Å². The van der Waals surface area contributed by atoms with Crippen molar-refractivity contribution in [3.05, 3.63) is 0 Å². The van der Waals surface area contributed by atoms with Gasteiger partial charge in [0.05, 0.1) is 6.10 Å². The first-order chi connectivity index (χ1) is 7.13. The van der Waals surface area contributed by atoms with Gasteiger partial charge in [-0.15, -0.1) is 0 Å². The third-order valence-corrected chi connectivity index (χ3v) is 3.08. The molecule has 0 spiro atoms. The summed E-state index contributed by atoms with van der Waals surface area (Å²) in [7, 11) is 0. The van der Waals surface area contributed by atoms with Gasteiger partial charge in [-0.2, -0.15) is 0 Å². The SMILES string of the molecule is CCC1CCN(C(=O)COC(C)C)CC1. The van der Waals surface area contributed by atoms with Crippen molar-refractivity contribution < 1.29 is 9.53 Å². The van der Waals surface area contributed by atoms with E-state index in [1.807, 2.05) is 18.7 Å². The van der Waals surface area contributed by atoms with E-state index < -0.39 is 0 Å². The molecule has 3 nitrogen and oxygen atoms in total. The molecule has 15 heavy (non-hydrogen) atoms. The van der Waals surface area contributed by atoms with Crippen LogP contribution in [0, 0.1) is 5.92 Å². The third-order valence-electron chi connectivity index (χ3n) is 3.08.